The largest absolute Gasteiger partial charge is 0.508 e. The molecule has 20 N–H and O–H groups in total. The number of aliphatic imine (C=N–C) groups is 1. The van der Waals surface area contributed by atoms with Gasteiger partial charge in [0.15, 0.2) is 5.96 Å². The third kappa shape index (κ3) is 22.6. The number of aromatic nitrogens is 3. The molecule has 1 fully saturated rings. The fourth-order valence-electron chi connectivity index (χ4n) is 10.2. The number of rotatable bonds is 24. The van der Waals surface area contributed by atoms with Crippen molar-refractivity contribution < 1.29 is 63.0 Å². The van der Waals surface area contributed by atoms with Crippen LogP contribution in [0.25, 0.3) is 10.9 Å². The molecule has 6 rings (SSSR count). The van der Waals surface area contributed by atoms with Gasteiger partial charge in [-0.05, 0) is 73.4 Å². The molecule has 0 radical (unpaired) electrons. The van der Waals surface area contributed by atoms with Crippen LogP contribution in [0.4, 0.5) is 0 Å². The number of phenols is 1. The number of aromatic hydroxyl groups is 1. The number of nitrogens with zero attached hydrogens (tertiary/aromatic N) is 2. The lowest BCUT2D eigenvalue weighted by atomic mass is 10.0. The van der Waals surface area contributed by atoms with E-state index in [0.717, 1.165) is 10.9 Å². The van der Waals surface area contributed by atoms with Crippen molar-refractivity contribution in [2.45, 2.75) is 152 Å². The van der Waals surface area contributed by atoms with Crippen LogP contribution < -0.4 is 70.4 Å². The number of aliphatic hydroxyl groups excluding tert-OH is 1. The van der Waals surface area contributed by atoms with E-state index in [1.165, 1.54) is 43.7 Å². The number of unbranched alkanes of at least 4 members (excludes halogenated alkanes) is 1. The van der Waals surface area contributed by atoms with Crippen LogP contribution in [0.15, 0.2) is 103 Å². The number of aromatic amines is 2. The van der Waals surface area contributed by atoms with Gasteiger partial charge in [-0.3, -0.25) is 57.7 Å². The average Bonchev–Trinajstić information content (AvgIpc) is 1.80. The number of phenolic OH excluding ortho intramolecular Hbond substituents is 1. The summed E-state index contributed by atoms with van der Waals surface area (Å²) in [6.45, 7) is 1.98. The van der Waals surface area contributed by atoms with Gasteiger partial charge < -0.3 is 90.5 Å². The zero-order valence-electron chi connectivity index (χ0n) is 51.3. The summed E-state index contributed by atoms with van der Waals surface area (Å²) in [6.07, 6.45) is 4.12. The van der Waals surface area contributed by atoms with Crippen molar-refractivity contribution in [3.63, 3.8) is 0 Å². The lowest BCUT2D eigenvalue weighted by Gasteiger charge is -2.28. The molecule has 494 valence electrons. The number of hydrogen-bond acceptors (Lipinski definition) is 15. The van der Waals surface area contributed by atoms with Crippen LogP contribution >= 0.6 is 0 Å². The monoisotopic (exact) mass is 1270 g/mol. The maximum absolute atomic E-state index is 14.9. The van der Waals surface area contributed by atoms with Crippen LogP contribution in [0.1, 0.15) is 94.0 Å². The highest BCUT2D eigenvalue weighted by Crippen LogP contribution is 2.20. The predicted octanol–water partition coefficient (Wildman–Crippen LogP) is -2.34. The summed E-state index contributed by atoms with van der Waals surface area (Å²) in [7, 11) is 0. The van der Waals surface area contributed by atoms with Gasteiger partial charge in [-0.15, -0.1) is 0 Å². The van der Waals surface area contributed by atoms with E-state index in [1.807, 2.05) is 18.2 Å². The number of guanidine groups is 1. The highest BCUT2D eigenvalue weighted by molar-refractivity contribution is 6.00. The SMILES string of the molecule is CCCC[C@H](NC(=O)[C@H](CO)NC(=O)[C@H](Cc1ccc(O)cc1)NC(C)=O)C(=O)N[C@H]1CC(=O)NCCCC[C@@H](C(N)=O)NC(=O)[C@H](Cc2c[nH]c3ccccc23)NC(=O)[C@H](CCCN=C(N)N)NC(=O)[C@@H](Cc2ccccc2)NC(=O)[C@H](Cc2cnc[nH]2)NC1=O. The molecule has 0 spiro atoms. The first-order chi connectivity index (χ1) is 44.1. The first-order valence-electron chi connectivity index (χ1n) is 30.4. The zero-order valence-corrected chi connectivity index (χ0v) is 51.3. The number of para-hydroxylation sites is 1. The molecular weight excluding hydrogens is 1190 g/mol. The van der Waals surface area contributed by atoms with Crippen molar-refractivity contribution in [2.24, 2.45) is 22.2 Å². The number of nitrogens with two attached hydrogens (primary N) is 3. The molecule has 0 saturated carbocycles. The molecule has 1 saturated heterocycles. The Morgan fingerprint density at radius 3 is 1.97 bits per heavy atom. The molecule has 9 atom stereocenters. The highest BCUT2D eigenvalue weighted by Gasteiger charge is 2.37. The minimum Gasteiger partial charge on any atom is -0.508 e. The molecule has 1 aliphatic heterocycles. The van der Waals surface area contributed by atoms with Crippen LogP contribution in [0.2, 0.25) is 0 Å². The molecule has 11 amide bonds. The van der Waals surface area contributed by atoms with Crippen LogP contribution in [0.5, 0.6) is 5.75 Å². The number of primary amides is 1. The van der Waals surface area contributed by atoms with E-state index < -0.39 is 132 Å². The third-order valence-corrected chi connectivity index (χ3v) is 15.1. The van der Waals surface area contributed by atoms with Crippen LogP contribution in [-0.2, 0) is 78.4 Å². The number of hydrogen-bond donors (Lipinski definition) is 17. The van der Waals surface area contributed by atoms with Gasteiger partial charge in [-0.1, -0.05) is 80.4 Å². The number of fused-ring (bicyclic) bond motifs is 1. The lowest BCUT2D eigenvalue weighted by molar-refractivity contribution is -0.137. The molecule has 5 aromatic rings. The minimum atomic E-state index is -1.79. The summed E-state index contributed by atoms with van der Waals surface area (Å²) >= 11 is 0. The van der Waals surface area contributed by atoms with Crippen molar-refractivity contribution in [1.29, 1.82) is 0 Å². The number of imidazole rings is 1. The molecule has 30 nitrogen and oxygen atoms in total. The van der Waals surface area contributed by atoms with E-state index in [2.05, 4.69) is 73.1 Å². The summed E-state index contributed by atoms with van der Waals surface area (Å²) in [5, 5.41) is 47.2. The Kier molecular flexibility index (Phi) is 27.4. The molecule has 0 bridgehead atoms. The second kappa shape index (κ2) is 35.7. The number of nitrogens with one attached hydrogen (secondary N) is 12. The molecule has 0 unspecified atom stereocenters. The number of amides is 11. The Labute approximate surface area is 530 Å². The van der Waals surface area contributed by atoms with Crippen molar-refractivity contribution in [3.05, 3.63) is 120 Å². The van der Waals surface area contributed by atoms with Gasteiger partial charge in [-0.2, -0.15) is 0 Å². The van der Waals surface area contributed by atoms with E-state index in [4.69, 9.17) is 17.2 Å². The minimum absolute atomic E-state index is 0.0220. The van der Waals surface area contributed by atoms with E-state index in [0.29, 0.717) is 35.2 Å². The van der Waals surface area contributed by atoms with Gasteiger partial charge >= 0.3 is 0 Å². The first-order valence-corrected chi connectivity index (χ1v) is 30.4. The Morgan fingerprint density at radius 2 is 1.30 bits per heavy atom. The summed E-state index contributed by atoms with van der Waals surface area (Å²) in [5.74, 6) is -9.96. The van der Waals surface area contributed by atoms with Crippen LogP contribution in [0, 0.1) is 0 Å². The average molecular weight is 1270 g/mol. The van der Waals surface area contributed by atoms with Crippen molar-refractivity contribution >= 4 is 81.8 Å². The normalized spacial score (nSPS) is 20.0. The van der Waals surface area contributed by atoms with Crippen molar-refractivity contribution in [2.75, 3.05) is 19.7 Å². The molecule has 30 heteroatoms. The fraction of sp³-hybridized carbons (Fsp3) is 0.435. The summed E-state index contributed by atoms with van der Waals surface area (Å²) in [6, 6.07) is 8.28. The quantitative estimate of drug-likeness (QED) is 0.0175. The number of H-pyrrole nitrogens is 2. The Balaban J connectivity index is 1.33. The fourth-order valence-corrected chi connectivity index (χ4v) is 10.2. The summed E-state index contributed by atoms with van der Waals surface area (Å²) in [4.78, 5) is 169. The summed E-state index contributed by atoms with van der Waals surface area (Å²) in [5.41, 5.74) is 19.8. The van der Waals surface area contributed by atoms with Gasteiger partial charge in [0.05, 0.1) is 19.4 Å². The standard InChI is InChI=1S/C62H83N17O13/c1-3-4-16-44(74-61(92)51(33-80)79-56(87)46(71-35(2)81)27-37-20-22-40(82)23-21-37)54(85)78-50-30-52(83)67-24-11-10-18-43(53(63)84)72-58(89)48(28-38-31-69-42-17-9-8-15-41(38)42)76-55(86)45(19-12-25-68-62(64)65)73-57(88)47(26-36-13-6-5-7-14-36)75-59(90)49(77-60(50)91)29-39-32-66-34-70-39/h5-9,13-15,17,20-23,31-32,34,43-51,69,80,82H,3-4,10-12,16,18-19,24-30,33H2,1-2H3,(H2,63,84)(H,66,70)(H,67,83)(H,71,81)(H,72,89)(H,73,88)(H,74,92)(H,75,90)(H,76,86)(H,77,91)(H,78,85)(H,79,87)(H4,64,65,68)/t43-,44-,45-,46-,47+,48-,49-,50-,51-/m0/s1. The molecular formula is C62H83N17O13. The van der Waals surface area contributed by atoms with Gasteiger partial charge in [0, 0.05) is 74.7 Å². The Hall–Kier alpha value is -10.4. The smallest absolute Gasteiger partial charge is 0.245 e. The molecule has 92 heavy (non-hydrogen) atoms. The molecule has 3 aromatic carbocycles. The maximum Gasteiger partial charge on any atom is 0.245 e. The van der Waals surface area contributed by atoms with Crippen LogP contribution in [-0.4, -0.2) is 170 Å². The maximum atomic E-state index is 14.9. The molecule has 1 aliphatic rings. The number of carbonyl (C=O) groups excluding carboxylic acids is 11. The second-order valence-corrected chi connectivity index (χ2v) is 22.4. The predicted molar refractivity (Wildman–Crippen MR) is 336 cm³/mol. The van der Waals surface area contributed by atoms with E-state index in [1.54, 1.807) is 49.5 Å². The third-order valence-electron chi connectivity index (χ3n) is 15.1. The number of aliphatic hydroxyl groups is 1. The van der Waals surface area contributed by atoms with Gasteiger partial charge in [0.2, 0.25) is 65.0 Å². The highest BCUT2D eigenvalue weighted by atomic mass is 16.3. The van der Waals surface area contributed by atoms with Crippen molar-refractivity contribution in [3.8, 4) is 5.75 Å². The van der Waals surface area contributed by atoms with Gasteiger partial charge in [0.25, 0.3) is 0 Å². The first kappa shape index (κ1) is 70.7. The van der Waals surface area contributed by atoms with Gasteiger partial charge in [0.1, 0.15) is 60.1 Å². The van der Waals surface area contributed by atoms with E-state index >= 15 is 0 Å². The topological polar surface area (TPSA) is 483 Å². The molecule has 0 aliphatic carbocycles. The van der Waals surface area contributed by atoms with Gasteiger partial charge in [-0.25, -0.2) is 4.98 Å². The van der Waals surface area contributed by atoms with Crippen LogP contribution in [0.3, 0.4) is 0 Å². The molecule has 2 aromatic heterocycles. The van der Waals surface area contributed by atoms with E-state index in [9.17, 15) is 63.0 Å². The Bertz CT molecular complexity index is 3360. The Morgan fingerprint density at radius 1 is 0.674 bits per heavy atom. The molecule has 3 heterocycles. The number of benzene rings is 3. The van der Waals surface area contributed by atoms with Crippen molar-refractivity contribution in [1.82, 2.24) is 68.1 Å². The summed E-state index contributed by atoms with van der Waals surface area (Å²) < 4.78 is 0. The number of carbonyl (C=O) groups is 11. The lowest BCUT2D eigenvalue weighted by Crippen LogP contribution is -2.61. The van der Waals surface area contributed by atoms with E-state index in [-0.39, 0.29) is 89.0 Å². The zero-order chi connectivity index (χ0) is 66.7. The second-order valence-electron chi connectivity index (χ2n) is 22.4.